The number of rotatable bonds is 7. The number of esters is 1. The van der Waals surface area contributed by atoms with Gasteiger partial charge in [-0.2, -0.15) is 5.10 Å². The van der Waals surface area contributed by atoms with Crippen LogP contribution in [0.15, 0.2) is 88.3 Å². The van der Waals surface area contributed by atoms with Gasteiger partial charge in [0.15, 0.2) is 0 Å². The molecule has 0 aliphatic heterocycles. The molecule has 0 amide bonds. The lowest BCUT2D eigenvalue weighted by molar-refractivity contribution is 0.0427. The van der Waals surface area contributed by atoms with Crippen molar-refractivity contribution >= 4 is 5.97 Å². The van der Waals surface area contributed by atoms with Crippen LogP contribution in [0.2, 0.25) is 0 Å². The highest BCUT2D eigenvalue weighted by Crippen LogP contribution is 2.14. The summed E-state index contributed by atoms with van der Waals surface area (Å²) in [5.41, 5.74) is 2.85. The largest absolute Gasteiger partial charge is 0.482 e. The summed E-state index contributed by atoms with van der Waals surface area (Å²) >= 11 is 0. The van der Waals surface area contributed by atoms with Gasteiger partial charge in [-0.1, -0.05) is 48.5 Å². The van der Waals surface area contributed by atoms with E-state index in [1.165, 1.54) is 0 Å². The molecule has 4 rings (SSSR count). The third kappa shape index (κ3) is 4.90. The summed E-state index contributed by atoms with van der Waals surface area (Å²) in [6.45, 7) is 2.09. The number of ether oxygens (including phenoxy) is 2. The SMILES string of the molecule is Cc1cc(COC(=O)c2cc(=O)c(OCc3ccccc3)co2)nn1-c1ccccc1. The number of hydrogen-bond acceptors (Lipinski definition) is 6. The van der Waals surface area contributed by atoms with Gasteiger partial charge in [0.05, 0.1) is 5.69 Å². The molecule has 2 heterocycles. The third-order valence-corrected chi connectivity index (χ3v) is 4.53. The topological polar surface area (TPSA) is 83.6 Å². The third-order valence-electron chi connectivity index (χ3n) is 4.53. The fourth-order valence-corrected chi connectivity index (χ4v) is 3.00. The molecule has 4 aromatic rings. The molecule has 2 aromatic carbocycles. The summed E-state index contributed by atoms with van der Waals surface area (Å²) in [5, 5.41) is 4.46. The first-order chi connectivity index (χ1) is 15.1. The van der Waals surface area contributed by atoms with E-state index >= 15 is 0 Å². The zero-order valence-corrected chi connectivity index (χ0v) is 16.9. The zero-order valence-electron chi connectivity index (χ0n) is 16.9. The molecule has 0 unspecified atom stereocenters. The van der Waals surface area contributed by atoms with Gasteiger partial charge < -0.3 is 13.9 Å². The lowest BCUT2D eigenvalue weighted by Crippen LogP contribution is -2.12. The maximum absolute atomic E-state index is 12.3. The smallest absolute Gasteiger partial charge is 0.374 e. The lowest BCUT2D eigenvalue weighted by atomic mass is 10.2. The Hall–Kier alpha value is -4.13. The Kier molecular flexibility index (Phi) is 5.93. The van der Waals surface area contributed by atoms with Gasteiger partial charge in [-0.3, -0.25) is 4.79 Å². The predicted molar refractivity (Wildman–Crippen MR) is 113 cm³/mol. The first kappa shape index (κ1) is 20.2. The van der Waals surface area contributed by atoms with Crippen molar-refractivity contribution in [3.05, 3.63) is 112 Å². The van der Waals surface area contributed by atoms with E-state index in [1.807, 2.05) is 73.7 Å². The molecule has 0 saturated heterocycles. The minimum Gasteiger partial charge on any atom is -0.482 e. The van der Waals surface area contributed by atoms with E-state index in [0.717, 1.165) is 29.3 Å². The summed E-state index contributed by atoms with van der Waals surface area (Å²) in [6, 6.07) is 22.0. The van der Waals surface area contributed by atoms with Crippen LogP contribution in [0.3, 0.4) is 0 Å². The molecule has 0 bridgehead atoms. The molecule has 2 aromatic heterocycles. The van der Waals surface area contributed by atoms with Crippen molar-refractivity contribution in [3.8, 4) is 11.4 Å². The molecule has 31 heavy (non-hydrogen) atoms. The quantitative estimate of drug-likeness (QED) is 0.422. The van der Waals surface area contributed by atoms with E-state index in [0.29, 0.717) is 5.69 Å². The molecular formula is C24H20N2O5. The van der Waals surface area contributed by atoms with E-state index in [4.69, 9.17) is 13.9 Å². The molecule has 7 nitrogen and oxygen atoms in total. The second-order valence-electron chi connectivity index (χ2n) is 6.85. The number of benzene rings is 2. The molecule has 156 valence electrons. The Morgan fingerprint density at radius 3 is 2.42 bits per heavy atom. The van der Waals surface area contributed by atoms with Crippen molar-refractivity contribution in [1.82, 2.24) is 9.78 Å². The molecule has 0 spiro atoms. The van der Waals surface area contributed by atoms with Crippen LogP contribution in [-0.2, 0) is 18.0 Å². The second-order valence-corrected chi connectivity index (χ2v) is 6.85. The summed E-state index contributed by atoms with van der Waals surface area (Å²) in [5.74, 6) is -0.924. The Bertz CT molecular complexity index is 1230. The highest BCUT2D eigenvalue weighted by atomic mass is 16.5. The van der Waals surface area contributed by atoms with E-state index in [9.17, 15) is 9.59 Å². The molecule has 0 saturated carbocycles. The number of aryl methyl sites for hydroxylation is 1. The Balaban J connectivity index is 1.38. The van der Waals surface area contributed by atoms with Crippen molar-refractivity contribution in [3.63, 3.8) is 0 Å². The number of hydrogen-bond donors (Lipinski definition) is 0. The van der Waals surface area contributed by atoms with Crippen LogP contribution in [0.5, 0.6) is 5.75 Å². The van der Waals surface area contributed by atoms with E-state index in [2.05, 4.69) is 5.10 Å². The van der Waals surface area contributed by atoms with Gasteiger partial charge in [0.2, 0.25) is 16.9 Å². The Morgan fingerprint density at radius 2 is 1.71 bits per heavy atom. The Morgan fingerprint density at radius 1 is 1.00 bits per heavy atom. The normalized spacial score (nSPS) is 10.6. The number of carbonyl (C=O) groups is 1. The van der Waals surface area contributed by atoms with Gasteiger partial charge in [-0.05, 0) is 30.7 Å². The fraction of sp³-hybridized carbons (Fsp3) is 0.125. The molecule has 0 fully saturated rings. The van der Waals surface area contributed by atoms with E-state index in [-0.39, 0.29) is 24.7 Å². The van der Waals surface area contributed by atoms with Crippen molar-refractivity contribution in [1.29, 1.82) is 0 Å². The first-order valence-corrected chi connectivity index (χ1v) is 9.68. The van der Waals surface area contributed by atoms with Crippen LogP contribution in [0.1, 0.15) is 27.5 Å². The lowest BCUT2D eigenvalue weighted by Gasteiger charge is -2.06. The summed E-state index contributed by atoms with van der Waals surface area (Å²) in [4.78, 5) is 24.5. The standard InChI is InChI=1S/C24H20N2O5/c1-17-12-19(25-26(17)20-10-6-3-7-11-20)15-31-24(28)22-13-21(27)23(16-30-22)29-14-18-8-4-2-5-9-18/h2-13,16H,14-15H2,1H3. The van der Waals surface area contributed by atoms with Crippen LogP contribution >= 0.6 is 0 Å². The van der Waals surface area contributed by atoms with Gasteiger partial charge in [-0.25, -0.2) is 9.48 Å². The van der Waals surface area contributed by atoms with E-state index in [1.54, 1.807) is 4.68 Å². The van der Waals surface area contributed by atoms with Gasteiger partial charge in [0, 0.05) is 11.8 Å². The molecule has 0 radical (unpaired) electrons. The first-order valence-electron chi connectivity index (χ1n) is 9.68. The molecular weight excluding hydrogens is 396 g/mol. The Labute approximate surface area is 178 Å². The number of aromatic nitrogens is 2. The summed E-state index contributed by atoms with van der Waals surface area (Å²) in [6.07, 6.45) is 1.12. The minimum absolute atomic E-state index is 0.0256. The highest BCUT2D eigenvalue weighted by molar-refractivity contribution is 5.86. The monoisotopic (exact) mass is 416 g/mol. The van der Waals surface area contributed by atoms with Crippen molar-refractivity contribution in [2.75, 3.05) is 0 Å². The molecule has 0 aliphatic rings. The van der Waals surface area contributed by atoms with Gasteiger partial charge >= 0.3 is 5.97 Å². The average Bonchev–Trinajstić information content (AvgIpc) is 3.18. The minimum atomic E-state index is -0.751. The van der Waals surface area contributed by atoms with Gasteiger partial charge in [0.1, 0.15) is 25.2 Å². The number of para-hydroxylation sites is 1. The van der Waals surface area contributed by atoms with Crippen LogP contribution < -0.4 is 10.2 Å². The maximum Gasteiger partial charge on any atom is 0.374 e. The summed E-state index contributed by atoms with van der Waals surface area (Å²) < 4.78 is 17.7. The predicted octanol–water partition coefficient (Wildman–Crippen LogP) is 4.07. The van der Waals surface area contributed by atoms with Crippen molar-refractivity contribution in [2.45, 2.75) is 20.1 Å². The summed E-state index contributed by atoms with van der Waals surface area (Å²) in [7, 11) is 0. The molecule has 0 atom stereocenters. The molecule has 7 heteroatoms. The fourth-order valence-electron chi connectivity index (χ4n) is 3.00. The highest BCUT2D eigenvalue weighted by Gasteiger charge is 2.15. The van der Waals surface area contributed by atoms with E-state index < -0.39 is 11.4 Å². The maximum atomic E-state index is 12.3. The molecule has 0 aliphatic carbocycles. The zero-order chi connectivity index (χ0) is 21.6. The second kappa shape index (κ2) is 9.13. The van der Waals surface area contributed by atoms with Crippen molar-refractivity contribution in [2.24, 2.45) is 0 Å². The molecule has 0 N–H and O–H groups in total. The average molecular weight is 416 g/mol. The number of carbonyl (C=O) groups excluding carboxylic acids is 1. The van der Waals surface area contributed by atoms with Crippen LogP contribution in [-0.4, -0.2) is 15.7 Å². The van der Waals surface area contributed by atoms with Crippen LogP contribution in [0.4, 0.5) is 0 Å². The van der Waals surface area contributed by atoms with Crippen LogP contribution in [0.25, 0.3) is 5.69 Å². The van der Waals surface area contributed by atoms with Crippen molar-refractivity contribution < 1.29 is 18.7 Å². The van der Waals surface area contributed by atoms with Crippen LogP contribution in [0, 0.1) is 6.92 Å². The van der Waals surface area contributed by atoms with Gasteiger partial charge in [0.25, 0.3) is 0 Å². The van der Waals surface area contributed by atoms with Gasteiger partial charge in [-0.15, -0.1) is 0 Å². The number of nitrogens with zero attached hydrogens (tertiary/aromatic N) is 2.